The number of fused-ring (bicyclic) bond motifs is 5. The molecule has 0 atom stereocenters. The number of rotatable bonds is 2. The lowest BCUT2D eigenvalue weighted by Gasteiger charge is -2.36. The molecule has 1 aliphatic heterocycles. The van der Waals surface area contributed by atoms with Gasteiger partial charge in [0.2, 0.25) is 0 Å². The third kappa shape index (κ3) is 2.46. The van der Waals surface area contributed by atoms with Crippen LogP contribution in [0.5, 0.6) is 5.75 Å². The van der Waals surface area contributed by atoms with E-state index in [4.69, 9.17) is 4.74 Å². The molecule has 0 spiro atoms. The van der Waals surface area contributed by atoms with E-state index in [-0.39, 0.29) is 0 Å². The molecular weight excluding hydrogens is 372 g/mol. The molecule has 2 heterocycles. The number of thiophene rings is 1. The van der Waals surface area contributed by atoms with Gasteiger partial charge in [0.25, 0.3) is 0 Å². The molecule has 29 heavy (non-hydrogen) atoms. The first-order chi connectivity index (χ1) is 14.4. The van der Waals surface area contributed by atoms with Gasteiger partial charge in [-0.1, -0.05) is 97.1 Å². The van der Waals surface area contributed by atoms with Crippen LogP contribution in [0, 0.1) is 0 Å². The van der Waals surface area contributed by atoms with Crippen LogP contribution in [0.25, 0.3) is 26.2 Å². The highest BCUT2D eigenvalue weighted by atomic mass is 32.1. The number of ether oxygens (including phenoxy) is 1. The van der Waals surface area contributed by atoms with E-state index in [1.54, 1.807) is 0 Å². The van der Waals surface area contributed by atoms with E-state index in [0.29, 0.717) is 0 Å². The van der Waals surface area contributed by atoms with Gasteiger partial charge in [0, 0.05) is 32.2 Å². The van der Waals surface area contributed by atoms with Crippen LogP contribution in [-0.4, -0.2) is 0 Å². The first-order valence-corrected chi connectivity index (χ1v) is 10.6. The summed E-state index contributed by atoms with van der Waals surface area (Å²) in [5, 5.41) is 2.55. The van der Waals surface area contributed by atoms with Gasteiger partial charge in [0.1, 0.15) is 5.75 Å². The molecular formula is C27H18OS. The molecule has 0 radical (unpaired) electrons. The molecule has 0 unspecified atom stereocenters. The van der Waals surface area contributed by atoms with Crippen molar-refractivity contribution >= 4 is 37.6 Å². The molecule has 0 fully saturated rings. The molecule has 0 saturated carbocycles. The SMILES string of the molecule is C1=CC(c2ccccc2)(c2ccccc2)Oc2c1ccc1c2sc2ccccc21. The van der Waals surface area contributed by atoms with Crippen molar-refractivity contribution in [3.8, 4) is 5.75 Å². The summed E-state index contributed by atoms with van der Waals surface area (Å²) >= 11 is 1.81. The zero-order valence-corrected chi connectivity index (χ0v) is 16.5. The number of hydrogen-bond donors (Lipinski definition) is 0. The van der Waals surface area contributed by atoms with Crippen molar-refractivity contribution in [2.75, 3.05) is 0 Å². The fourth-order valence-corrected chi connectivity index (χ4v) is 5.46. The average molecular weight is 391 g/mol. The molecule has 4 aromatic carbocycles. The monoisotopic (exact) mass is 390 g/mol. The Morgan fingerprint density at radius 1 is 0.621 bits per heavy atom. The van der Waals surface area contributed by atoms with E-state index in [9.17, 15) is 0 Å². The lowest BCUT2D eigenvalue weighted by atomic mass is 9.83. The maximum Gasteiger partial charge on any atom is 0.178 e. The van der Waals surface area contributed by atoms with E-state index in [2.05, 4.69) is 97.1 Å². The Kier molecular flexibility index (Phi) is 3.62. The second-order valence-corrected chi connectivity index (χ2v) is 8.41. The van der Waals surface area contributed by atoms with Crippen molar-refractivity contribution in [2.45, 2.75) is 5.60 Å². The predicted molar refractivity (Wildman–Crippen MR) is 123 cm³/mol. The van der Waals surface area contributed by atoms with Gasteiger partial charge in [-0.3, -0.25) is 0 Å². The third-order valence-corrected chi connectivity index (χ3v) is 6.88. The zero-order chi connectivity index (χ0) is 19.3. The van der Waals surface area contributed by atoms with Gasteiger partial charge in [0.15, 0.2) is 5.60 Å². The van der Waals surface area contributed by atoms with Crippen LogP contribution >= 0.6 is 11.3 Å². The van der Waals surface area contributed by atoms with Crippen LogP contribution in [0.1, 0.15) is 16.7 Å². The molecule has 0 amide bonds. The topological polar surface area (TPSA) is 9.23 Å². The molecule has 0 aliphatic carbocycles. The first kappa shape index (κ1) is 16.6. The molecule has 6 rings (SSSR count). The van der Waals surface area contributed by atoms with Crippen LogP contribution in [0.2, 0.25) is 0 Å². The minimum absolute atomic E-state index is 0.639. The van der Waals surface area contributed by atoms with Crippen molar-refractivity contribution in [2.24, 2.45) is 0 Å². The van der Waals surface area contributed by atoms with Gasteiger partial charge < -0.3 is 4.74 Å². The summed E-state index contributed by atoms with van der Waals surface area (Å²) in [5.41, 5.74) is 2.75. The average Bonchev–Trinajstić information content (AvgIpc) is 3.19. The molecule has 1 aromatic heterocycles. The molecule has 1 nitrogen and oxygen atoms in total. The standard InChI is InChI=1S/C27H18OS/c1-3-9-20(10-4-1)27(21-11-5-2-6-12-21)18-17-19-15-16-23-22-13-7-8-14-24(22)29-26(23)25(19)28-27/h1-18H. The summed E-state index contributed by atoms with van der Waals surface area (Å²) in [7, 11) is 0. The Morgan fingerprint density at radius 2 is 1.28 bits per heavy atom. The Morgan fingerprint density at radius 3 is 2.00 bits per heavy atom. The maximum atomic E-state index is 6.96. The smallest absolute Gasteiger partial charge is 0.178 e. The quantitative estimate of drug-likeness (QED) is 0.305. The Hall–Kier alpha value is -3.36. The summed E-state index contributed by atoms with van der Waals surface area (Å²) in [6, 6.07) is 34.0. The van der Waals surface area contributed by atoms with E-state index in [0.717, 1.165) is 22.4 Å². The number of benzene rings is 4. The minimum atomic E-state index is -0.639. The van der Waals surface area contributed by atoms with Gasteiger partial charge in [0.05, 0.1) is 4.70 Å². The van der Waals surface area contributed by atoms with Gasteiger partial charge in [-0.25, -0.2) is 0 Å². The molecule has 2 heteroatoms. The highest BCUT2D eigenvalue weighted by Gasteiger charge is 2.37. The van der Waals surface area contributed by atoms with E-state index >= 15 is 0 Å². The van der Waals surface area contributed by atoms with Crippen LogP contribution in [-0.2, 0) is 5.60 Å². The molecule has 0 bridgehead atoms. The van der Waals surface area contributed by atoms with Crippen LogP contribution in [0.3, 0.4) is 0 Å². The van der Waals surface area contributed by atoms with Crippen molar-refractivity contribution in [3.05, 3.63) is 120 Å². The highest BCUT2D eigenvalue weighted by Crippen LogP contribution is 2.48. The van der Waals surface area contributed by atoms with Crippen LogP contribution in [0.15, 0.2) is 103 Å². The molecule has 0 saturated heterocycles. The van der Waals surface area contributed by atoms with Crippen LogP contribution < -0.4 is 4.74 Å². The van der Waals surface area contributed by atoms with Gasteiger partial charge in [-0.05, 0) is 12.1 Å². The van der Waals surface area contributed by atoms with Crippen molar-refractivity contribution in [1.29, 1.82) is 0 Å². The zero-order valence-electron chi connectivity index (χ0n) is 15.7. The number of hydrogen-bond acceptors (Lipinski definition) is 2. The Labute approximate surface area is 173 Å². The predicted octanol–water partition coefficient (Wildman–Crippen LogP) is 7.40. The lowest BCUT2D eigenvalue weighted by molar-refractivity contribution is 0.164. The van der Waals surface area contributed by atoms with Crippen molar-refractivity contribution < 1.29 is 4.74 Å². The van der Waals surface area contributed by atoms with Crippen molar-refractivity contribution in [3.63, 3.8) is 0 Å². The van der Waals surface area contributed by atoms with E-state index in [1.807, 2.05) is 23.5 Å². The second-order valence-electron chi connectivity index (χ2n) is 7.36. The highest BCUT2D eigenvalue weighted by molar-refractivity contribution is 7.26. The molecule has 1 aliphatic rings. The van der Waals surface area contributed by atoms with Crippen molar-refractivity contribution in [1.82, 2.24) is 0 Å². The second kappa shape index (κ2) is 6.33. The third-order valence-electron chi connectivity index (χ3n) is 5.70. The fraction of sp³-hybridized carbons (Fsp3) is 0.0370. The molecule has 138 valence electrons. The summed E-state index contributed by atoms with van der Waals surface area (Å²) in [5.74, 6) is 0.971. The van der Waals surface area contributed by atoms with Crippen LogP contribution in [0.4, 0.5) is 0 Å². The van der Waals surface area contributed by atoms with E-state index in [1.165, 1.54) is 20.2 Å². The Balaban J connectivity index is 1.64. The van der Waals surface area contributed by atoms with Gasteiger partial charge in [-0.15, -0.1) is 11.3 Å². The fourth-order valence-electron chi connectivity index (χ4n) is 4.27. The molecule has 0 N–H and O–H groups in total. The summed E-state index contributed by atoms with van der Waals surface area (Å²) in [6.07, 6.45) is 4.40. The maximum absolute atomic E-state index is 6.96. The lowest BCUT2D eigenvalue weighted by Crippen LogP contribution is -2.34. The first-order valence-electron chi connectivity index (χ1n) is 9.79. The Bertz CT molecular complexity index is 1320. The van der Waals surface area contributed by atoms with E-state index < -0.39 is 5.60 Å². The molecule has 5 aromatic rings. The summed E-state index contributed by atoms with van der Waals surface area (Å²) in [6.45, 7) is 0. The normalized spacial score (nSPS) is 14.6. The summed E-state index contributed by atoms with van der Waals surface area (Å²) in [4.78, 5) is 0. The minimum Gasteiger partial charge on any atom is -0.472 e. The summed E-state index contributed by atoms with van der Waals surface area (Å²) < 4.78 is 9.46. The largest absolute Gasteiger partial charge is 0.472 e. The van der Waals surface area contributed by atoms with Gasteiger partial charge in [-0.2, -0.15) is 0 Å². The van der Waals surface area contributed by atoms with Gasteiger partial charge >= 0.3 is 0 Å².